The quantitative estimate of drug-likeness (QED) is 0.171. The van der Waals surface area contributed by atoms with Crippen LogP contribution in [0.1, 0.15) is 21.9 Å². The number of nitrogens with one attached hydrogen (secondary N) is 1. The molecule has 1 unspecified atom stereocenters. The van der Waals surface area contributed by atoms with Crippen LogP contribution >= 0.6 is 58.8 Å². The lowest BCUT2D eigenvalue weighted by atomic mass is 10.2. The number of carbonyl (C=O) groups excluding carboxylic acids is 2. The molecule has 0 aliphatic carbocycles. The topological polar surface area (TPSA) is 84.9 Å². The van der Waals surface area contributed by atoms with Crippen LogP contribution < -0.4 is 10.1 Å². The van der Waals surface area contributed by atoms with Crippen LogP contribution in [0, 0.1) is 0 Å². The second-order valence-corrected chi connectivity index (χ2v) is 11.0. The fourth-order valence-electron chi connectivity index (χ4n) is 2.90. The van der Waals surface area contributed by atoms with Gasteiger partial charge in [-0.1, -0.05) is 70.9 Å². The minimum atomic E-state index is -1.96. The maximum atomic E-state index is 12.8. The van der Waals surface area contributed by atoms with Crippen molar-refractivity contribution in [1.82, 2.24) is 10.2 Å². The Balaban J connectivity index is 1.43. The average molecular weight is 558 g/mol. The van der Waals surface area contributed by atoms with E-state index in [0.717, 1.165) is 5.56 Å². The van der Waals surface area contributed by atoms with Gasteiger partial charge in [0.25, 0.3) is 11.8 Å². The highest BCUT2D eigenvalue weighted by atomic mass is 35.6. The average Bonchev–Trinajstić information content (AvgIpc) is 3.54. The van der Waals surface area contributed by atoms with Gasteiger partial charge in [0, 0.05) is 0 Å². The molecule has 1 N–H and O–H groups in total. The van der Waals surface area contributed by atoms with Crippen LogP contribution in [0.25, 0.3) is 6.08 Å². The lowest BCUT2D eigenvalue weighted by Gasteiger charge is -2.26. The smallest absolute Gasteiger partial charge is 0.289 e. The van der Waals surface area contributed by atoms with Crippen LogP contribution in [0.5, 0.6) is 5.75 Å². The van der Waals surface area contributed by atoms with Crippen LogP contribution in [0.4, 0.5) is 0 Å². The largest absolute Gasteiger partial charge is 0.467 e. The van der Waals surface area contributed by atoms with E-state index in [1.807, 2.05) is 0 Å². The SMILES string of the molecule is O=C(NC(Oc1ccc(/C=C2\SC(=S)N(Cc3ccco3)C2=O)cc1)C(Cl)(Cl)Cl)c1ccco1. The molecule has 2 amide bonds. The van der Waals surface area contributed by atoms with E-state index in [9.17, 15) is 9.59 Å². The number of halogens is 3. The number of amides is 2. The molecule has 1 aliphatic rings. The van der Waals surface area contributed by atoms with Crippen LogP contribution in [-0.2, 0) is 11.3 Å². The Morgan fingerprint density at radius 1 is 1.15 bits per heavy atom. The Morgan fingerprint density at radius 3 is 2.47 bits per heavy atom. The summed E-state index contributed by atoms with van der Waals surface area (Å²) >= 11 is 24.5. The van der Waals surface area contributed by atoms with Crippen LogP contribution in [-0.4, -0.2) is 31.1 Å². The Kier molecular flexibility index (Phi) is 7.59. The van der Waals surface area contributed by atoms with Crippen molar-refractivity contribution in [2.75, 3.05) is 0 Å². The number of thiocarbonyl (C=S) groups is 1. The first kappa shape index (κ1) is 24.7. The predicted octanol–water partition coefficient (Wildman–Crippen LogP) is 5.78. The first-order chi connectivity index (χ1) is 16.2. The van der Waals surface area contributed by atoms with Crippen LogP contribution in [0.3, 0.4) is 0 Å². The number of benzene rings is 1. The van der Waals surface area contributed by atoms with Crippen molar-refractivity contribution in [3.63, 3.8) is 0 Å². The van der Waals surface area contributed by atoms with E-state index < -0.39 is 15.9 Å². The Bertz CT molecular complexity index is 1210. The fraction of sp³-hybridized carbons (Fsp3) is 0.136. The van der Waals surface area contributed by atoms with Crippen LogP contribution in [0.2, 0.25) is 0 Å². The van der Waals surface area contributed by atoms with E-state index in [4.69, 9.17) is 60.6 Å². The third-order valence-corrected chi connectivity index (χ3v) is 6.48. The molecule has 1 fully saturated rings. The molecule has 0 radical (unpaired) electrons. The van der Waals surface area contributed by atoms with E-state index in [0.29, 0.717) is 20.7 Å². The van der Waals surface area contributed by atoms with Gasteiger partial charge in [-0.3, -0.25) is 14.5 Å². The highest BCUT2D eigenvalue weighted by Crippen LogP contribution is 2.35. The molecule has 3 aromatic rings. The monoisotopic (exact) mass is 556 g/mol. The molecule has 1 aromatic carbocycles. The first-order valence-corrected chi connectivity index (χ1v) is 12.0. The van der Waals surface area contributed by atoms with Gasteiger partial charge in [0.1, 0.15) is 15.8 Å². The minimum Gasteiger partial charge on any atom is -0.467 e. The highest BCUT2D eigenvalue weighted by molar-refractivity contribution is 8.26. The van der Waals surface area contributed by atoms with Gasteiger partial charge < -0.3 is 18.9 Å². The van der Waals surface area contributed by atoms with Crippen molar-refractivity contribution in [2.24, 2.45) is 0 Å². The van der Waals surface area contributed by atoms with Gasteiger partial charge in [-0.05, 0) is 48.0 Å². The van der Waals surface area contributed by atoms with Crippen LogP contribution in [0.15, 0.2) is 74.8 Å². The number of thioether (sulfide) groups is 1. The summed E-state index contributed by atoms with van der Waals surface area (Å²) in [5.41, 5.74) is 0.732. The summed E-state index contributed by atoms with van der Waals surface area (Å²) in [5.74, 6) is 0.209. The Hall–Kier alpha value is -2.43. The molecule has 1 aliphatic heterocycles. The Labute approximate surface area is 218 Å². The molecule has 0 spiro atoms. The summed E-state index contributed by atoms with van der Waals surface area (Å²) in [5, 5.41) is 2.48. The summed E-state index contributed by atoms with van der Waals surface area (Å²) < 4.78 is 14.5. The van der Waals surface area contributed by atoms with Gasteiger partial charge in [-0.15, -0.1) is 0 Å². The molecule has 1 saturated heterocycles. The van der Waals surface area contributed by atoms with Gasteiger partial charge >= 0.3 is 0 Å². The molecule has 7 nitrogen and oxygen atoms in total. The van der Waals surface area contributed by atoms with Gasteiger partial charge in [0.15, 0.2) is 5.76 Å². The molecule has 1 atom stereocenters. The maximum absolute atomic E-state index is 12.8. The summed E-state index contributed by atoms with van der Waals surface area (Å²) in [4.78, 5) is 27.0. The third kappa shape index (κ3) is 5.97. The highest BCUT2D eigenvalue weighted by Gasteiger charge is 2.37. The zero-order valence-electron chi connectivity index (χ0n) is 17.1. The first-order valence-electron chi connectivity index (χ1n) is 9.66. The lowest BCUT2D eigenvalue weighted by molar-refractivity contribution is -0.122. The van der Waals surface area contributed by atoms with Crippen molar-refractivity contribution in [1.29, 1.82) is 0 Å². The number of rotatable bonds is 7. The van der Waals surface area contributed by atoms with E-state index in [2.05, 4.69) is 5.32 Å². The number of carbonyl (C=O) groups is 2. The third-order valence-electron chi connectivity index (χ3n) is 4.50. The fourth-order valence-corrected chi connectivity index (χ4v) is 4.45. The van der Waals surface area contributed by atoms with E-state index in [1.165, 1.54) is 29.0 Å². The number of alkyl halides is 3. The number of nitrogens with zero attached hydrogens (tertiary/aromatic N) is 1. The molecule has 0 bridgehead atoms. The van der Waals surface area contributed by atoms with E-state index in [-0.39, 0.29) is 18.2 Å². The van der Waals surface area contributed by atoms with E-state index in [1.54, 1.807) is 54.8 Å². The molecular weight excluding hydrogens is 543 g/mol. The molecule has 0 saturated carbocycles. The second kappa shape index (κ2) is 10.5. The number of hydrogen-bond donors (Lipinski definition) is 1. The van der Waals surface area contributed by atoms with E-state index >= 15 is 0 Å². The summed E-state index contributed by atoms with van der Waals surface area (Å²) in [6.07, 6.45) is 3.32. The number of ether oxygens (including phenoxy) is 1. The number of hydrogen-bond acceptors (Lipinski definition) is 7. The van der Waals surface area contributed by atoms with Gasteiger partial charge in [0.2, 0.25) is 10.0 Å². The zero-order valence-corrected chi connectivity index (χ0v) is 21.0. The molecule has 4 rings (SSSR count). The summed E-state index contributed by atoms with van der Waals surface area (Å²) in [6.45, 7) is 0.268. The lowest BCUT2D eigenvalue weighted by Crippen LogP contribution is -2.47. The standard InChI is InChI=1S/C22H15Cl3N2O5S2/c23-22(24,25)20(26-18(28)16-4-2-10-31-16)32-14-7-5-13(6-8-14)11-17-19(29)27(21(33)34-17)12-15-3-1-9-30-15/h1-11,20H,12H2,(H,26,28)/b17-11-. The minimum absolute atomic E-state index is 0.0440. The van der Waals surface area contributed by atoms with Gasteiger partial charge in [-0.2, -0.15) is 0 Å². The van der Waals surface area contributed by atoms with Gasteiger partial charge in [-0.25, -0.2) is 0 Å². The molecule has 34 heavy (non-hydrogen) atoms. The zero-order chi connectivity index (χ0) is 24.3. The Morgan fingerprint density at radius 2 is 1.85 bits per heavy atom. The normalized spacial score (nSPS) is 16.2. The number of furan rings is 2. The second-order valence-electron chi connectivity index (χ2n) is 6.91. The molecule has 3 heterocycles. The predicted molar refractivity (Wildman–Crippen MR) is 135 cm³/mol. The van der Waals surface area contributed by atoms with Crippen molar-refractivity contribution in [3.8, 4) is 5.75 Å². The molecule has 176 valence electrons. The van der Waals surface area contributed by atoms with Crippen molar-refractivity contribution < 1.29 is 23.2 Å². The van der Waals surface area contributed by atoms with Crippen molar-refractivity contribution in [2.45, 2.75) is 16.6 Å². The maximum Gasteiger partial charge on any atom is 0.289 e. The van der Waals surface area contributed by atoms with Crippen molar-refractivity contribution in [3.05, 3.63) is 83.0 Å². The summed E-state index contributed by atoms with van der Waals surface area (Å²) in [6, 6.07) is 13.2. The molecule has 2 aromatic heterocycles. The van der Waals surface area contributed by atoms with Gasteiger partial charge in [0.05, 0.1) is 24.0 Å². The molecular formula is C22H15Cl3N2O5S2. The molecule has 12 heteroatoms. The summed E-state index contributed by atoms with van der Waals surface area (Å²) in [7, 11) is 0. The van der Waals surface area contributed by atoms with Crippen molar-refractivity contribution >= 4 is 81.0 Å².